The molecule has 0 aliphatic heterocycles. The van der Waals surface area contributed by atoms with Gasteiger partial charge in [-0.05, 0) is 62.4 Å². The van der Waals surface area contributed by atoms with Gasteiger partial charge in [0.2, 0.25) is 0 Å². The van der Waals surface area contributed by atoms with Crippen LogP contribution in [0.2, 0.25) is 0 Å². The molecule has 0 fully saturated rings. The van der Waals surface area contributed by atoms with Crippen LogP contribution in [0, 0.1) is 11.8 Å². The number of rotatable bonds is 10. The largest absolute Gasteiger partial charge is 0.330 e. The Hall–Kier alpha value is 0.190. The monoisotopic (exact) mass is 234 g/mol. The lowest BCUT2D eigenvalue weighted by molar-refractivity contribution is 0.549. The molecule has 2 unspecified atom stereocenters. The van der Waals surface area contributed by atoms with E-state index in [9.17, 15) is 0 Å². The third-order valence-corrected chi connectivity index (χ3v) is 3.94. The van der Waals surface area contributed by atoms with Crippen LogP contribution in [0.25, 0.3) is 0 Å². The summed E-state index contributed by atoms with van der Waals surface area (Å²) in [6.07, 6.45) is 2.04. The minimum atomic E-state index is 0.552. The van der Waals surface area contributed by atoms with Gasteiger partial charge in [0, 0.05) is 0 Å². The van der Waals surface area contributed by atoms with E-state index >= 15 is 0 Å². The van der Waals surface area contributed by atoms with E-state index in [-0.39, 0.29) is 0 Å². The minimum absolute atomic E-state index is 0.552. The van der Waals surface area contributed by atoms with Gasteiger partial charge >= 0.3 is 0 Å². The molecule has 5 heteroatoms. The van der Waals surface area contributed by atoms with E-state index in [1.807, 2.05) is 11.8 Å². The Bertz CT molecular complexity index is 121. The van der Waals surface area contributed by atoms with Crippen molar-refractivity contribution in [3.05, 3.63) is 0 Å². The van der Waals surface area contributed by atoms with Gasteiger partial charge in [-0.3, -0.25) is 0 Å². The Labute approximate surface area is 97.5 Å². The van der Waals surface area contributed by atoms with E-state index in [2.05, 4.69) is 0 Å². The standard InChI is InChI=1S/C10H26N4S/c11-3-1-9(5-13)7-15-8-10(6-14)2-4-12/h9-10H,1-8,11-14H2. The molecule has 0 rings (SSSR count). The van der Waals surface area contributed by atoms with Crippen LogP contribution < -0.4 is 22.9 Å². The van der Waals surface area contributed by atoms with E-state index in [0.717, 1.165) is 50.5 Å². The molecule has 0 saturated heterocycles. The zero-order valence-electron chi connectivity index (χ0n) is 9.53. The zero-order chi connectivity index (χ0) is 11.5. The molecule has 0 aromatic carbocycles. The molecule has 0 aromatic rings. The molecule has 15 heavy (non-hydrogen) atoms. The van der Waals surface area contributed by atoms with Gasteiger partial charge in [0.25, 0.3) is 0 Å². The first-order chi connectivity index (χ1) is 7.28. The molecule has 0 aliphatic rings. The zero-order valence-corrected chi connectivity index (χ0v) is 10.3. The summed E-state index contributed by atoms with van der Waals surface area (Å²) in [5.74, 6) is 3.29. The molecule has 92 valence electrons. The fraction of sp³-hybridized carbons (Fsp3) is 1.00. The summed E-state index contributed by atoms with van der Waals surface area (Å²) in [6.45, 7) is 2.92. The number of hydrogen-bond donors (Lipinski definition) is 4. The number of hydrogen-bond acceptors (Lipinski definition) is 5. The number of thioether (sulfide) groups is 1. The maximum atomic E-state index is 5.65. The first kappa shape index (κ1) is 15.2. The Balaban J connectivity index is 3.55. The average Bonchev–Trinajstić information content (AvgIpc) is 2.26. The molecule has 0 amide bonds. The van der Waals surface area contributed by atoms with Crippen molar-refractivity contribution in [1.82, 2.24) is 0 Å². The highest BCUT2D eigenvalue weighted by Crippen LogP contribution is 2.15. The average molecular weight is 234 g/mol. The molecule has 0 saturated carbocycles. The quantitative estimate of drug-likeness (QED) is 0.410. The van der Waals surface area contributed by atoms with Crippen LogP contribution in [-0.4, -0.2) is 37.7 Å². The van der Waals surface area contributed by atoms with Crippen molar-refractivity contribution in [2.45, 2.75) is 12.8 Å². The molecule has 2 atom stereocenters. The third-order valence-electron chi connectivity index (χ3n) is 2.52. The Morgan fingerprint density at radius 2 is 1.13 bits per heavy atom. The minimum Gasteiger partial charge on any atom is -0.330 e. The van der Waals surface area contributed by atoms with Crippen LogP contribution >= 0.6 is 11.8 Å². The highest BCUT2D eigenvalue weighted by atomic mass is 32.2. The van der Waals surface area contributed by atoms with Gasteiger partial charge < -0.3 is 22.9 Å². The lowest BCUT2D eigenvalue weighted by atomic mass is 10.1. The summed E-state index contributed by atoms with van der Waals surface area (Å²) in [7, 11) is 0. The molecule has 0 radical (unpaired) electrons. The van der Waals surface area contributed by atoms with Gasteiger partial charge in [0.1, 0.15) is 0 Å². The third kappa shape index (κ3) is 8.04. The van der Waals surface area contributed by atoms with Gasteiger partial charge in [-0.2, -0.15) is 11.8 Å². The summed E-state index contributed by atoms with van der Waals surface area (Å²) in [5, 5.41) is 0. The number of nitrogens with two attached hydrogens (primary N) is 4. The van der Waals surface area contributed by atoms with Crippen LogP contribution in [-0.2, 0) is 0 Å². The first-order valence-corrected chi connectivity index (χ1v) is 6.81. The van der Waals surface area contributed by atoms with Crippen molar-refractivity contribution in [1.29, 1.82) is 0 Å². The van der Waals surface area contributed by atoms with Crippen molar-refractivity contribution in [2.24, 2.45) is 34.8 Å². The lowest BCUT2D eigenvalue weighted by Gasteiger charge is -2.16. The smallest absolute Gasteiger partial charge is 0.00265 e. The predicted molar refractivity (Wildman–Crippen MR) is 69.8 cm³/mol. The second-order valence-electron chi connectivity index (χ2n) is 3.90. The van der Waals surface area contributed by atoms with Crippen molar-refractivity contribution in [3.63, 3.8) is 0 Å². The fourth-order valence-electron chi connectivity index (χ4n) is 1.41. The summed E-state index contributed by atoms with van der Waals surface area (Å²) in [6, 6.07) is 0. The van der Waals surface area contributed by atoms with Crippen LogP contribution in [0.1, 0.15) is 12.8 Å². The SMILES string of the molecule is NCCC(CN)CSCC(CN)CCN. The van der Waals surface area contributed by atoms with Crippen LogP contribution in [0.15, 0.2) is 0 Å². The molecular formula is C10H26N4S. The van der Waals surface area contributed by atoms with Gasteiger partial charge in [-0.1, -0.05) is 0 Å². The molecule has 0 bridgehead atoms. The van der Waals surface area contributed by atoms with Crippen molar-refractivity contribution >= 4 is 11.8 Å². The van der Waals surface area contributed by atoms with Gasteiger partial charge in [-0.15, -0.1) is 0 Å². The van der Waals surface area contributed by atoms with Crippen LogP contribution in [0.3, 0.4) is 0 Å². The van der Waals surface area contributed by atoms with E-state index in [1.54, 1.807) is 0 Å². The molecule has 8 N–H and O–H groups in total. The molecule has 0 spiro atoms. The van der Waals surface area contributed by atoms with Crippen molar-refractivity contribution in [3.8, 4) is 0 Å². The summed E-state index contributed by atoms with van der Waals surface area (Å²) in [5.41, 5.74) is 22.3. The maximum Gasteiger partial charge on any atom is -0.00265 e. The van der Waals surface area contributed by atoms with Gasteiger partial charge in [0.15, 0.2) is 0 Å². The fourth-order valence-corrected chi connectivity index (χ4v) is 2.82. The van der Waals surface area contributed by atoms with Crippen molar-refractivity contribution < 1.29 is 0 Å². The van der Waals surface area contributed by atoms with Crippen LogP contribution in [0.4, 0.5) is 0 Å². The molecule has 0 heterocycles. The molecule has 0 aromatic heterocycles. The molecular weight excluding hydrogens is 208 g/mol. The predicted octanol–water partition coefficient (Wildman–Crippen LogP) is -0.433. The van der Waals surface area contributed by atoms with Crippen molar-refractivity contribution in [2.75, 3.05) is 37.7 Å². The lowest BCUT2D eigenvalue weighted by Crippen LogP contribution is -2.23. The second kappa shape index (κ2) is 10.7. The summed E-state index contributed by atoms with van der Waals surface area (Å²) < 4.78 is 0. The summed E-state index contributed by atoms with van der Waals surface area (Å²) >= 11 is 1.93. The Kier molecular flexibility index (Phi) is 10.8. The maximum absolute atomic E-state index is 5.65. The summed E-state index contributed by atoms with van der Waals surface area (Å²) in [4.78, 5) is 0. The highest BCUT2D eigenvalue weighted by molar-refractivity contribution is 7.99. The molecule has 4 nitrogen and oxygen atoms in total. The van der Waals surface area contributed by atoms with E-state index < -0.39 is 0 Å². The van der Waals surface area contributed by atoms with E-state index in [0.29, 0.717) is 11.8 Å². The van der Waals surface area contributed by atoms with E-state index in [4.69, 9.17) is 22.9 Å². The Morgan fingerprint density at radius 3 is 1.40 bits per heavy atom. The van der Waals surface area contributed by atoms with E-state index in [1.165, 1.54) is 0 Å². The molecule has 0 aliphatic carbocycles. The topological polar surface area (TPSA) is 104 Å². The van der Waals surface area contributed by atoms with Crippen LogP contribution in [0.5, 0.6) is 0 Å². The van der Waals surface area contributed by atoms with Gasteiger partial charge in [0.05, 0.1) is 0 Å². The second-order valence-corrected chi connectivity index (χ2v) is 4.97. The highest BCUT2D eigenvalue weighted by Gasteiger charge is 2.09. The van der Waals surface area contributed by atoms with Gasteiger partial charge in [-0.25, -0.2) is 0 Å². The first-order valence-electron chi connectivity index (χ1n) is 5.66. The normalized spacial score (nSPS) is 15.2. The Morgan fingerprint density at radius 1 is 0.733 bits per heavy atom.